The van der Waals surface area contributed by atoms with Crippen molar-refractivity contribution in [1.82, 2.24) is 10.3 Å². The Hall–Kier alpha value is -1.15. The van der Waals surface area contributed by atoms with Gasteiger partial charge in [-0.3, -0.25) is 4.98 Å². The zero-order valence-corrected chi connectivity index (χ0v) is 9.01. The zero-order valence-electron chi connectivity index (χ0n) is 9.01. The lowest BCUT2D eigenvalue weighted by Crippen LogP contribution is -2.16. The van der Waals surface area contributed by atoms with E-state index >= 15 is 0 Å². The van der Waals surface area contributed by atoms with Gasteiger partial charge in [-0.1, -0.05) is 25.1 Å². The molecule has 0 saturated heterocycles. The third kappa shape index (κ3) is 3.71. The van der Waals surface area contributed by atoms with Gasteiger partial charge in [-0.2, -0.15) is 0 Å². The Morgan fingerprint density at radius 1 is 1.50 bits per heavy atom. The van der Waals surface area contributed by atoms with Crippen molar-refractivity contribution < 1.29 is 0 Å². The third-order valence-corrected chi connectivity index (χ3v) is 2.18. The molecule has 1 heterocycles. The van der Waals surface area contributed by atoms with Crippen LogP contribution in [0.4, 0.5) is 0 Å². The van der Waals surface area contributed by atoms with Crippen LogP contribution in [0, 0.1) is 6.92 Å². The number of nitrogens with one attached hydrogen (secondary N) is 1. The van der Waals surface area contributed by atoms with E-state index in [2.05, 4.69) is 29.9 Å². The maximum absolute atomic E-state index is 4.23. The Bertz CT molecular complexity index is 288. The van der Waals surface area contributed by atoms with Crippen LogP contribution in [0.1, 0.15) is 24.6 Å². The van der Waals surface area contributed by atoms with E-state index in [0.717, 1.165) is 25.2 Å². The molecule has 0 atom stereocenters. The van der Waals surface area contributed by atoms with E-state index in [1.807, 2.05) is 19.2 Å². The quantitative estimate of drug-likeness (QED) is 0.721. The van der Waals surface area contributed by atoms with Crippen molar-refractivity contribution in [3.8, 4) is 0 Å². The second-order valence-electron chi connectivity index (χ2n) is 3.51. The second kappa shape index (κ2) is 5.55. The normalized spacial score (nSPS) is 10.1. The minimum atomic E-state index is 0.867. The highest BCUT2D eigenvalue weighted by Gasteiger charge is 1.93. The van der Waals surface area contributed by atoms with Gasteiger partial charge in [0.05, 0.1) is 0 Å². The number of pyridine rings is 1. The summed E-state index contributed by atoms with van der Waals surface area (Å²) >= 11 is 0. The van der Waals surface area contributed by atoms with Crippen LogP contribution in [0.2, 0.25) is 0 Å². The molecule has 0 amide bonds. The van der Waals surface area contributed by atoms with E-state index < -0.39 is 0 Å². The van der Waals surface area contributed by atoms with Crippen LogP contribution in [0.15, 0.2) is 30.5 Å². The standard InChI is InChI=1S/C12H18N2/c1-4-10(2)7-13-8-12-6-5-11(3)14-9-12/h5-6,9,13H,2,4,7-8H2,1,3H3. The minimum Gasteiger partial charge on any atom is -0.309 e. The predicted molar refractivity (Wildman–Crippen MR) is 60.1 cm³/mol. The fourth-order valence-electron chi connectivity index (χ4n) is 1.11. The van der Waals surface area contributed by atoms with E-state index in [9.17, 15) is 0 Å². The molecular weight excluding hydrogens is 172 g/mol. The fourth-order valence-corrected chi connectivity index (χ4v) is 1.11. The van der Waals surface area contributed by atoms with Crippen molar-refractivity contribution in [2.24, 2.45) is 0 Å². The largest absolute Gasteiger partial charge is 0.309 e. The number of nitrogens with zero attached hydrogens (tertiary/aromatic N) is 1. The molecule has 1 N–H and O–H groups in total. The first-order valence-electron chi connectivity index (χ1n) is 5.01. The summed E-state index contributed by atoms with van der Waals surface area (Å²) in [6, 6.07) is 4.13. The van der Waals surface area contributed by atoms with E-state index in [1.165, 1.54) is 11.1 Å². The maximum Gasteiger partial charge on any atom is 0.0372 e. The van der Waals surface area contributed by atoms with Crippen LogP contribution < -0.4 is 5.32 Å². The van der Waals surface area contributed by atoms with Gasteiger partial charge in [0.1, 0.15) is 0 Å². The molecule has 14 heavy (non-hydrogen) atoms. The molecule has 0 aliphatic heterocycles. The first-order valence-corrected chi connectivity index (χ1v) is 5.01. The van der Waals surface area contributed by atoms with Gasteiger partial charge in [0.2, 0.25) is 0 Å². The van der Waals surface area contributed by atoms with Gasteiger partial charge in [-0.15, -0.1) is 0 Å². The minimum absolute atomic E-state index is 0.867. The van der Waals surface area contributed by atoms with Crippen molar-refractivity contribution >= 4 is 0 Å². The van der Waals surface area contributed by atoms with Crippen LogP contribution in [0.5, 0.6) is 0 Å². The van der Waals surface area contributed by atoms with Crippen LogP contribution >= 0.6 is 0 Å². The summed E-state index contributed by atoms with van der Waals surface area (Å²) in [7, 11) is 0. The van der Waals surface area contributed by atoms with E-state index in [1.54, 1.807) is 0 Å². The van der Waals surface area contributed by atoms with Crippen LogP contribution in [-0.2, 0) is 6.54 Å². The van der Waals surface area contributed by atoms with Crippen molar-refractivity contribution in [2.45, 2.75) is 26.8 Å². The Balaban J connectivity index is 2.31. The lowest BCUT2D eigenvalue weighted by atomic mass is 10.2. The Labute approximate surface area is 86.1 Å². The molecule has 0 unspecified atom stereocenters. The van der Waals surface area contributed by atoms with Gasteiger partial charge in [0.25, 0.3) is 0 Å². The molecule has 0 radical (unpaired) electrons. The van der Waals surface area contributed by atoms with Crippen molar-refractivity contribution in [3.05, 3.63) is 41.7 Å². The number of aromatic nitrogens is 1. The van der Waals surface area contributed by atoms with Gasteiger partial charge in [0, 0.05) is 25.0 Å². The molecule has 0 fully saturated rings. The topological polar surface area (TPSA) is 24.9 Å². The molecule has 0 aliphatic carbocycles. The molecule has 1 aromatic heterocycles. The number of rotatable bonds is 5. The highest BCUT2D eigenvalue weighted by atomic mass is 14.9. The van der Waals surface area contributed by atoms with Crippen LogP contribution in [-0.4, -0.2) is 11.5 Å². The summed E-state index contributed by atoms with van der Waals surface area (Å²) in [5.74, 6) is 0. The van der Waals surface area contributed by atoms with Crippen molar-refractivity contribution in [3.63, 3.8) is 0 Å². The molecule has 0 bridgehead atoms. The van der Waals surface area contributed by atoms with E-state index in [4.69, 9.17) is 0 Å². The predicted octanol–water partition coefficient (Wildman–Crippen LogP) is 2.45. The Morgan fingerprint density at radius 3 is 2.86 bits per heavy atom. The van der Waals surface area contributed by atoms with Crippen LogP contribution in [0.3, 0.4) is 0 Å². The molecule has 0 aliphatic rings. The first kappa shape index (κ1) is 10.9. The van der Waals surface area contributed by atoms with Crippen LogP contribution in [0.25, 0.3) is 0 Å². The van der Waals surface area contributed by atoms with Gasteiger partial charge in [-0.25, -0.2) is 0 Å². The lowest BCUT2D eigenvalue weighted by molar-refractivity contribution is 0.724. The van der Waals surface area contributed by atoms with Gasteiger partial charge >= 0.3 is 0 Å². The molecule has 0 saturated carbocycles. The third-order valence-electron chi connectivity index (χ3n) is 2.18. The lowest BCUT2D eigenvalue weighted by Gasteiger charge is -2.05. The number of hydrogen-bond acceptors (Lipinski definition) is 2. The smallest absolute Gasteiger partial charge is 0.0372 e. The number of hydrogen-bond donors (Lipinski definition) is 1. The van der Waals surface area contributed by atoms with Gasteiger partial charge in [-0.05, 0) is 25.0 Å². The molecule has 2 heteroatoms. The molecule has 1 rings (SSSR count). The summed E-state index contributed by atoms with van der Waals surface area (Å²) in [6.07, 6.45) is 2.95. The van der Waals surface area contributed by atoms with Crippen molar-refractivity contribution in [1.29, 1.82) is 0 Å². The maximum atomic E-state index is 4.23. The molecule has 0 aromatic carbocycles. The molecule has 76 valence electrons. The summed E-state index contributed by atoms with van der Waals surface area (Å²) < 4.78 is 0. The average Bonchev–Trinajstić information content (AvgIpc) is 2.21. The highest BCUT2D eigenvalue weighted by molar-refractivity contribution is 5.13. The van der Waals surface area contributed by atoms with E-state index in [-0.39, 0.29) is 0 Å². The van der Waals surface area contributed by atoms with E-state index in [0.29, 0.717) is 0 Å². The Morgan fingerprint density at radius 2 is 2.29 bits per heavy atom. The SMILES string of the molecule is C=C(CC)CNCc1ccc(C)nc1. The summed E-state index contributed by atoms with van der Waals surface area (Å²) in [5, 5.41) is 3.33. The highest BCUT2D eigenvalue weighted by Crippen LogP contribution is 1.99. The molecule has 0 spiro atoms. The van der Waals surface area contributed by atoms with Gasteiger partial charge < -0.3 is 5.32 Å². The molecule has 2 nitrogen and oxygen atoms in total. The summed E-state index contributed by atoms with van der Waals surface area (Å²) in [6.45, 7) is 9.82. The summed E-state index contributed by atoms with van der Waals surface area (Å²) in [5.41, 5.74) is 3.52. The van der Waals surface area contributed by atoms with Gasteiger partial charge in [0.15, 0.2) is 0 Å². The Kier molecular flexibility index (Phi) is 4.33. The first-order chi connectivity index (χ1) is 6.72. The average molecular weight is 190 g/mol. The summed E-state index contributed by atoms with van der Waals surface area (Å²) in [4.78, 5) is 4.23. The monoisotopic (exact) mass is 190 g/mol. The zero-order chi connectivity index (χ0) is 10.4. The molecule has 1 aromatic rings. The molecular formula is C12H18N2. The fraction of sp³-hybridized carbons (Fsp3) is 0.417. The van der Waals surface area contributed by atoms with Crippen molar-refractivity contribution in [2.75, 3.05) is 6.54 Å². The number of aryl methyl sites for hydroxylation is 1. The second-order valence-corrected chi connectivity index (χ2v) is 3.51.